The smallest absolute Gasteiger partial charge is 1.00 e. The van der Waals surface area contributed by atoms with Crippen LogP contribution < -0.4 is 0 Å². The van der Waals surface area contributed by atoms with Crippen molar-refractivity contribution in [2.24, 2.45) is 0 Å². The quantitative estimate of drug-likeness (QED) is 0.437. The molecule has 0 radical (unpaired) electrons. The molecule has 0 saturated heterocycles. The summed E-state index contributed by atoms with van der Waals surface area (Å²) >= 11 is 0. The molecule has 0 fully saturated rings. The third-order valence-electron chi connectivity index (χ3n) is 0.632. The maximum Gasteiger partial charge on any atom is 3.00 e. The Bertz CT molecular complexity index is 29.8. The molecule has 0 aliphatic carbocycles. The molecule has 38 valence electrons. The van der Waals surface area contributed by atoms with Crippen LogP contribution in [0.3, 0.4) is 0 Å². The second-order valence-corrected chi connectivity index (χ2v) is 1.40. The fourth-order valence-electron chi connectivity index (χ4n) is 0. The van der Waals surface area contributed by atoms with Gasteiger partial charge in [-0.25, -0.2) is 0 Å². The van der Waals surface area contributed by atoms with Crippen LogP contribution in [0.15, 0.2) is 0 Å². The van der Waals surface area contributed by atoms with E-state index in [0.29, 0.717) is 0 Å². The van der Waals surface area contributed by atoms with Gasteiger partial charge in [0.2, 0.25) is 0 Å². The Kier molecular flexibility index (Phi) is 8.88. The molecule has 0 aliphatic rings. The van der Waals surface area contributed by atoms with Crippen LogP contribution in [0.25, 0.3) is 0 Å². The van der Waals surface area contributed by atoms with Gasteiger partial charge in [0.15, 0.2) is 0 Å². The molecular formula is C4H14AlN. The van der Waals surface area contributed by atoms with Gasteiger partial charge in [-0.3, -0.25) is 0 Å². The van der Waals surface area contributed by atoms with E-state index in [2.05, 4.69) is 25.9 Å². The molecule has 0 bridgehead atoms. The molecule has 0 aromatic rings. The van der Waals surface area contributed by atoms with Gasteiger partial charge in [-0.1, -0.05) is 6.92 Å². The zero-order valence-electron chi connectivity index (χ0n) is 7.73. The molecule has 0 atom stereocenters. The Labute approximate surface area is 54.9 Å². The molecular weight excluding hydrogens is 89.0 g/mol. The summed E-state index contributed by atoms with van der Waals surface area (Å²) in [6.45, 7) is 3.26. The van der Waals surface area contributed by atoms with E-state index < -0.39 is 0 Å². The van der Waals surface area contributed by atoms with Crippen LogP contribution in [0, 0.1) is 0 Å². The monoisotopic (exact) mass is 103 g/mol. The van der Waals surface area contributed by atoms with Gasteiger partial charge in [-0.2, -0.15) is 0 Å². The predicted molar refractivity (Wildman–Crippen MR) is 33.3 cm³/mol. The van der Waals surface area contributed by atoms with Crippen molar-refractivity contribution in [2.45, 2.75) is 6.92 Å². The average molecular weight is 103 g/mol. The van der Waals surface area contributed by atoms with E-state index in [9.17, 15) is 0 Å². The zero-order chi connectivity index (χ0) is 4.28. The zero-order valence-corrected chi connectivity index (χ0v) is 5.89. The van der Waals surface area contributed by atoms with E-state index in [1.807, 2.05) is 0 Å². The second-order valence-electron chi connectivity index (χ2n) is 1.40. The first-order valence-corrected chi connectivity index (χ1v) is 1.92. The van der Waals surface area contributed by atoms with Gasteiger partial charge >= 0.3 is 17.4 Å². The first-order valence-electron chi connectivity index (χ1n) is 1.92. The maximum absolute atomic E-state index is 2.12. The van der Waals surface area contributed by atoms with E-state index in [-0.39, 0.29) is 21.6 Å². The van der Waals surface area contributed by atoms with E-state index in [1.165, 1.54) is 0 Å². The molecule has 1 nitrogen and oxygen atoms in total. The van der Waals surface area contributed by atoms with Crippen molar-refractivity contribution >= 4 is 17.4 Å². The van der Waals surface area contributed by atoms with Crippen molar-refractivity contribution in [1.82, 2.24) is 4.90 Å². The van der Waals surface area contributed by atoms with Crippen LogP contribution in [-0.2, 0) is 0 Å². The largest absolute Gasteiger partial charge is 3.00 e. The Morgan fingerprint density at radius 2 is 1.67 bits per heavy atom. The first kappa shape index (κ1) is 9.70. The van der Waals surface area contributed by atoms with Gasteiger partial charge in [-0.15, -0.1) is 0 Å². The van der Waals surface area contributed by atoms with Gasteiger partial charge in [0, 0.05) is 0 Å². The normalized spacial score (nSPS) is 8.00. The van der Waals surface area contributed by atoms with Crippen LogP contribution in [0.4, 0.5) is 0 Å². The van der Waals surface area contributed by atoms with Gasteiger partial charge in [0.25, 0.3) is 0 Å². The SMILES string of the molecule is CCN(C)C.[Al+3].[H-].[H-].[H-]. The molecule has 2 heteroatoms. The fraction of sp³-hybridized carbons (Fsp3) is 1.00. The number of hydrogen-bond donors (Lipinski definition) is 0. The molecule has 0 aliphatic heterocycles. The fourth-order valence-corrected chi connectivity index (χ4v) is 0. The summed E-state index contributed by atoms with van der Waals surface area (Å²) in [5, 5.41) is 0. The minimum absolute atomic E-state index is 0. The van der Waals surface area contributed by atoms with Crippen molar-refractivity contribution in [3.63, 3.8) is 0 Å². The average Bonchev–Trinajstić information content (AvgIpc) is 1.38. The van der Waals surface area contributed by atoms with Crippen molar-refractivity contribution in [3.05, 3.63) is 0 Å². The Hall–Kier alpha value is 0.492. The third-order valence-corrected chi connectivity index (χ3v) is 0.632. The van der Waals surface area contributed by atoms with Crippen LogP contribution >= 0.6 is 0 Å². The van der Waals surface area contributed by atoms with Crippen LogP contribution in [0.2, 0.25) is 0 Å². The molecule has 0 aromatic heterocycles. The van der Waals surface area contributed by atoms with E-state index >= 15 is 0 Å². The molecule has 0 rings (SSSR count). The standard InChI is InChI=1S/C4H11N.Al.3H/c1-4-5(2)3;;;;/h4H2,1-3H3;;;;/q;+3;3*-1. The van der Waals surface area contributed by atoms with E-state index in [4.69, 9.17) is 0 Å². The van der Waals surface area contributed by atoms with Crippen molar-refractivity contribution in [1.29, 1.82) is 0 Å². The summed E-state index contributed by atoms with van der Waals surface area (Å²) in [6.07, 6.45) is 0. The summed E-state index contributed by atoms with van der Waals surface area (Å²) < 4.78 is 0. The van der Waals surface area contributed by atoms with E-state index in [1.54, 1.807) is 0 Å². The van der Waals surface area contributed by atoms with Crippen molar-refractivity contribution in [2.75, 3.05) is 20.6 Å². The molecule has 0 saturated carbocycles. The minimum Gasteiger partial charge on any atom is -1.00 e. The number of rotatable bonds is 1. The number of hydrogen-bond acceptors (Lipinski definition) is 1. The molecule has 0 spiro atoms. The van der Waals surface area contributed by atoms with Crippen LogP contribution in [0.1, 0.15) is 11.2 Å². The summed E-state index contributed by atoms with van der Waals surface area (Å²) in [4.78, 5) is 2.12. The van der Waals surface area contributed by atoms with E-state index in [0.717, 1.165) is 6.54 Å². The summed E-state index contributed by atoms with van der Waals surface area (Å²) in [7, 11) is 4.11. The van der Waals surface area contributed by atoms with Gasteiger partial charge in [0.05, 0.1) is 0 Å². The molecule has 0 N–H and O–H groups in total. The summed E-state index contributed by atoms with van der Waals surface area (Å²) in [5.41, 5.74) is 0. The molecule has 0 heterocycles. The van der Waals surface area contributed by atoms with Crippen LogP contribution in [-0.4, -0.2) is 42.9 Å². The topological polar surface area (TPSA) is 3.24 Å². The first-order chi connectivity index (χ1) is 2.27. The predicted octanol–water partition coefficient (Wildman–Crippen LogP) is 0.525. The molecule has 0 unspecified atom stereocenters. The van der Waals surface area contributed by atoms with Gasteiger partial charge in [-0.05, 0) is 20.6 Å². The maximum atomic E-state index is 2.12. The third kappa shape index (κ3) is 8.82. The minimum atomic E-state index is 0. The number of nitrogens with zero attached hydrogens (tertiary/aromatic N) is 1. The second kappa shape index (κ2) is 5.49. The Balaban J connectivity index is -0.0000000133. The summed E-state index contributed by atoms with van der Waals surface area (Å²) in [6, 6.07) is 0. The van der Waals surface area contributed by atoms with Crippen LogP contribution in [0.5, 0.6) is 0 Å². The molecule has 0 amide bonds. The Morgan fingerprint density at radius 1 is 1.50 bits per heavy atom. The molecule has 6 heavy (non-hydrogen) atoms. The van der Waals surface area contributed by atoms with Crippen molar-refractivity contribution in [3.8, 4) is 0 Å². The van der Waals surface area contributed by atoms with Gasteiger partial charge < -0.3 is 9.18 Å². The summed E-state index contributed by atoms with van der Waals surface area (Å²) in [5.74, 6) is 0. The van der Waals surface area contributed by atoms with Gasteiger partial charge in [0.1, 0.15) is 0 Å². The van der Waals surface area contributed by atoms with Crippen molar-refractivity contribution < 1.29 is 4.28 Å². The Morgan fingerprint density at radius 3 is 1.67 bits per heavy atom. The molecule has 0 aromatic carbocycles.